The largest absolute Gasteiger partial charge is 0.287 e. The van der Waals surface area contributed by atoms with Crippen LogP contribution >= 0.6 is 11.6 Å². The molecular weight excluding hydrogens is 362 g/mol. The molecule has 0 heterocycles. The van der Waals surface area contributed by atoms with Gasteiger partial charge in [0.1, 0.15) is 10.7 Å². The molecule has 5 nitrogen and oxygen atoms in total. The second-order valence-electron chi connectivity index (χ2n) is 5.65. The number of ketones is 2. The zero-order valence-corrected chi connectivity index (χ0v) is 15.1. The summed E-state index contributed by atoms with van der Waals surface area (Å²) >= 11 is 6.07. The maximum absolute atomic E-state index is 12.8. The SMILES string of the molecule is Cc1ccc(S(=O)(=O)N(C)C2=C(Cl)C(=O)c3ccccc3C2=O)cc1. The fraction of sp³-hybridized carbons (Fsp3) is 0.111. The highest BCUT2D eigenvalue weighted by Crippen LogP contribution is 2.32. The van der Waals surface area contributed by atoms with Crippen molar-refractivity contribution in [3.63, 3.8) is 0 Å². The standard InChI is InChI=1S/C18H14ClNO4S/c1-11-7-9-12(10-8-11)25(23,24)20(2)16-15(19)17(21)13-5-3-4-6-14(13)18(16)22/h3-10H,1-2H3. The van der Waals surface area contributed by atoms with E-state index in [0.29, 0.717) is 0 Å². The van der Waals surface area contributed by atoms with Crippen LogP contribution < -0.4 is 0 Å². The number of carbonyl (C=O) groups is 2. The van der Waals surface area contributed by atoms with E-state index in [0.717, 1.165) is 9.87 Å². The van der Waals surface area contributed by atoms with Crippen LogP contribution in [0.3, 0.4) is 0 Å². The Bertz CT molecular complexity index is 1020. The van der Waals surface area contributed by atoms with E-state index in [1.54, 1.807) is 24.3 Å². The van der Waals surface area contributed by atoms with Crippen LogP contribution in [-0.4, -0.2) is 31.3 Å². The Kier molecular flexibility index (Phi) is 4.26. The maximum atomic E-state index is 12.8. The lowest BCUT2D eigenvalue weighted by molar-refractivity contribution is 0.0966. The summed E-state index contributed by atoms with van der Waals surface area (Å²) in [6.45, 7) is 1.83. The summed E-state index contributed by atoms with van der Waals surface area (Å²) in [6, 6.07) is 12.4. The molecule has 7 heteroatoms. The third-order valence-electron chi connectivity index (χ3n) is 4.03. The number of hydrogen-bond acceptors (Lipinski definition) is 4. The smallest absolute Gasteiger partial charge is 0.264 e. The molecule has 0 spiro atoms. The van der Waals surface area contributed by atoms with Gasteiger partial charge in [0.15, 0.2) is 0 Å². The number of Topliss-reactive ketones (excluding diaryl/α,β-unsaturated/α-hetero) is 2. The number of aryl methyl sites for hydroxylation is 1. The summed E-state index contributed by atoms with van der Waals surface area (Å²) in [7, 11) is -2.81. The quantitative estimate of drug-likeness (QED) is 0.826. The van der Waals surface area contributed by atoms with Crippen LogP contribution in [0.1, 0.15) is 26.3 Å². The highest BCUT2D eigenvalue weighted by molar-refractivity contribution is 7.89. The molecule has 2 aromatic rings. The van der Waals surface area contributed by atoms with Crippen molar-refractivity contribution < 1.29 is 18.0 Å². The van der Waals surface area contributed by atoms with Crippen molar-refractivity contribution in [1.82, 2.24) is 4.31 Å². The molecule has 0 bridgehead atoms. The summed E-state index contributed by atoms with van der Waals surface area (Å²) in [4.78, 5) is 25.2. The predicted octanol–water partition coefficient (Wildman–Crippen LogP) is 3.15. The average Bonchev–Trinajstić information content (AvgIpc) is 2.60. The van der Waals surface area contributed by atoms with Gasteiger partial charge in [0, 0.05) is 18.2 Å². The molecule has 2 aromatic carbocycles. The molecule has 0 radical (unpaired) electrons. The van der Waals surface area contributed by atoms with Crippen LogP contribution in [-0.2, 0) is 10.0 Å². The Balaban J connectivity index is 2.12. The summed E-state index contributed by atoms with van der Waals surface area (Å²) < 4.78 is 26.4. The molecule has 0 saturated carbocycles. The van der Waals surface area contributed by atoms with Crippen LogP contribution in [0.15, 0.2) is 64.2 Å². The van der Waals surface area contributed by atoms with Crippen LogP contribution in [0.2, 0.25) is 0 Å². The third kappa shape index (κ3) is 2.77. The normalized spacial score (nSPS) is 14.5. The Morgan fingerprint density at radius 1 is 0.880 bits per heavy atom. The lowest BCUT2D eigenvalue weighted by atomic mass is 9.92. The third-order valence-corrected chi connectivity index (χ3v) is 6.16. The maximum Gasteiger partial charge on any atom is 0.264 e. The van der Waals surface area contributed by atoms with Crippen molar-refractivity contribution >= 4 is 33.2 Å². The van der Waals surface area contributed by atoms with Crippen molar-refractivity contribution in [3.8, 4) is 0 Å². The van der Waals surface area contributed by atoms with E-state index in [4.69, 9.17) is 11.6 Å². The van der Waals surface area contributed by atoms with Gasteiger partial charge in [-0.25, -0.2) is 8.42 Å². The molecule has 3 rings (SSSR count). The number of benzene rings is 2. The molecule has 1 aliphatic rings. The van der Waals surface area contributed by atoms with Crippen molar-refractivity contribution in [2.24, 2.45) is 0 Å². The first-order valence-electron chi connectivity index (χ1n) is 7.39. The Hall–Kier alpha value is -2.44. The van der Waals surface area contributed by atoms with Crippen LogP contribution in [0.4, 0.5) is 0 Å². The van der Waals surface area contributed by atoms with Gasteiger partial charge in [-0.15, -0.1) is 0 Å². The van der Waals surface area contributed by atoms with Crippen LogP contribution in [0.5, 0.6) is 0 Å². The molecule has 1 aliphatic carbocycles. The lowest BCUT2D eigenvalue weighted by Crippen LogP contribution is -2.34. The van der Waals surface area contributed by atoms with Crippen LogP contribution in [0.25, 0.3) is 0 Å². The van der Waals surface area contributed by atoms with Gasteiger partial charge in [0.2, 0.25) is 11.6 Å². The number of halogens is 1. The zero-order valence-electron chi connectivity index (χ0n) is 13.5. The van der Waals surface area contributed by atoms with E-state index in [-0.39, 0.29) is 21.7 Å². The van der Waals surface area contributed by atoms with Gasteiger partial charge >= 0.3 is 0 Å². The molecule has 0 saturated heterocycles. The Morgan fingerprint density at radius 2 is 1.40 bits per heavy atom. The Labute approximate surface area is 150 Å². The zero-order chi connectivity index (χ0) is 18.4. The molecule has 0 unspecified atom stereocenters. The van der Waals surface area contributed by atoms with Crippen LogP contribution in [0, 0.1) is 6.92 Å². The molecule has 128 valence electrons. The number of likely N-dealkylation sites (N-methyl/N-ethyl adjacent to an activating group) is 1. The first kappa shape index (κ1) is 17.4. The summed E-state index contributed by atoms with van der Waals surface area (Å²) in [5.41, 5.74) is 0.864. The van der Waals surface area contributed by atoms with E-state index in [2.05, 4.69) is 0 Å². The minimum absolute atomic E-state index is 0.0108. The molecule has 0 aliphatic heterocycles. The molecule has 0 atom stereocenters. The van der Waals surface area contributed by atoms with Gasteiger partial charge in [-0.3, -0.25) is 13.9 Å². The summed E-state index contributed by atoms with van der Waals surface area (Å²) in [5.74, 6) is -1.17. The molecule has 0 fully saturated rings. The van der Waals surface area contributed by atoms with Gasteiger partial charge in [-0.2, -0.15) is 0 Å². The lowest BCUT2D eigenvalue weighted by Gasteiger charge is -2.26. The van der Waals surface area contributed by atoms with Gasteiger partial charge in [0.25, 0.3) is 10.0 Å². The molecular formula is C18H14ClNO4S. The second-order valence-corrected chi connectivity index (χ2v) is 8.00. The number of allylic oxidation sites excluding steroid dienone is 2. The van der Waals surface area contributed by atoms with Gasteiger partial charge in [0.05, 0.1) is 4.90 Å². The summed E-state index contributed by atoms with van der Waals surface area (Å²) in [5, 5.41) is -0.401. The first-order valence-corrected chi connectivity index (χ1v) is 9.20. The molecule has 25 heavy (non-hydrogen) atoms. The van der Waals surface area contributed by atoms with Crippen molar-refractivity contribution in [3.05, 3.63) is 76.0 Å². The Morgan fingerprint density at radius 3 is 1.96 bits per heavy atom. The van der Waals surface area contributed by atoms with Gasteiger partial charge in [-0.05, 0) is 19.1 Å². The topological polar surface area (TPSA) is 71.5 Å². The van der Waals surface area contributed by atoms with Gasteiger partial charge in [-0.1, -0.05) is 53.6 Å². The minimum atomic E-state index is -4.03. The number of carbonyl (C=O) groups excluding carboxylic acids is 2. The highest BCUT2D eigenvalue weighted by atomic mass is 35.5. The van der Waals surface area contributed by atoms with E-state index in [1.165, 1.54) is 31.3 Å². The van der Waals surface area contributed by atoms with Gasteiger partial charge < -0.3 is 0 Å². The number of hydrogen-bond donors (Lipinski definition) is 0. The number of fused-ring (bicyclic) bond motifs is 1. The monoisotopic (exact) mass is 375 g/mol. The number of nitrogens with zero attached hydrogens (tertiary/aromatic N) is 1. The van der Waals surface area contributed by atoms with Crippen molar-refractivity contribution in [2.45, 2.75) is 11.8 Å². The average molecular weight is 376 g/mol. The van der Waals surface area contributed by atoms with Crippen molar-refractivity contribution in [2.75, 3.05) is 7.05 Å². The van der Waals surface area contributed by atoms with E-state index in [9.17, 15) is 18.0 Å². The first-order chi connectivity index (χ1) is 11.7. The molecule has 0 aromatic heterocycles. The van der Waals surface area contributed by atoms with E-state index >= 15 is 0 Å². The minimum Gasteiger partial charge on any atom is -0.287 e. The molecule has 0 N–H and O–H groups in total. The summed E-state index contributed by atoms with van der Waals surface area (Å²) in [6.07, 6.45) is 0. The second kappa shape index (κ2) is 6.13. The number of rotatable bonds is 3. The fourth-order valence-corrected chi connectivity index (χ4v) is 4.18. The number of sulfonamides is 1. The highest BCUT2D eigenvalue weighted by Gasteiger charge is 2.37. The van der Waals surface area contributed by atoms with E-state index < -0.39 is 26.6 Å². The van der Waals surface area contributed by atoms with E-state index in [1.807, 2.05) is 6.92 Å². The molecule has 0 amide bonds. The predicted molar refractivity (Wildman–Crippen MR) is 94.1 cm³/mol. The fourth-order valence-electron chi connectivity index (χ4n) is 2.60. The van der Waals surface area contributed by atoms with Crippen molar-refractivity contribution in [1.29, 1.82) is 0 Å².